The zero-order valence-corrected chi connectivity index (χ0v) is 16.4. The van der Waals surface area contributed by atoms with E-state index in [1.54, 1.807) is 0 Å². The normalized spacial score (nSPS) is 12.3. The van der Waals surface area contributed by atoms with Gasteiger partial charge < -0.3 is 5.32 Å². The molecule has 6 heteroatoms. The number of thioether (sulfide) groups is 1. The first kappa shape index (κ1) is 17.5. The number of nitrogens with zero attached hydrogens (tertiary/aromatic N) is 4. The van der Waals surface area contributed by atoms with E-state index in [0.717, 1.165) is 27.7 Å². The van der Waals surface area contributed by atoms with Crippen molar-refractivity contribution in [2.75, 3.05) is 11.6 Å². The number of benzene rings is 2. The summed E-state index contributed by atoms with van der Waals surface area (Å²) in [5, 5.41) is 9.73. The minimum absolute atomic E-state index is 0.124. The van der Waals surface area contributed by atoms with Gasteiger partial charge in [-0.3, -0.25) is 0 Å². The second kappa shape index (κ2) is 7.40. The molecule has 0 fully saturated rings. The monoisotopic (exact) mass is 375 g/mol. The molecule has 2 aromatic carbocycles. The molecular weight excluding hydrogens is 354 g/mol. The van der Waals surface area contributed by atoms with Crippen LogP contribution in [0.5, 0.6) is 0 Å². The van der Waals surface area contributed by atoms with Crippen LogP contribution in [0.4, 0.5) is 5.82 Å². The number of nitrogens with one attached hydrogen (secondary N) is 1. The van der Waals surface area contributed by atoms with E-state index >= 15 is 0 Å². The first-order chi connectivity index (χ1) is 13.2. The maximum absolute atomic E-state index is 4.70. The Hall–Kier alpha value is -2.86. The molecule has 136 valence electrons. The maximum Gasteiger partial charge on any atom is 0.191 e. The van der Waals surface area contributed by atoms with Gasteiger partial charge in [0.05, 0.1) is 17.3 Å². The van der Waals surface area contributed by atoms with Gasteiger partial charge in [0.2, 0.25) is 0 Å². The van der Waals surface area contributed by atoms with Crippen LogP contribution in [-0.4, -0.2) is 26.0 Å². The molecule has 0 radical (unpaired) electrons. The van der Waals surface area contributed by atoms with Crippen molar-refractivity contribution in [2.24, 2.45) is 0 Å². The molecule has 0 saturated heterocycles. The second-order valence-electron chi connectivity index (χ2n) is 6.46. The standard InChI is InChI=1S/C21H21N5S/c1-14-9-11-16(12-10-14)15(2)23-19-18-13-22-26(17-7-5-4-6-8-17)20(18)25-21(24-19)27-3/h4-13,15H,1-3H3,(H,23,24,25). The molecule has 1 atom stereocenters. The Bertz CT molecular complexity index is 1060. The number of para-hydroxylation sites is 1. The number of hydrogen-bond donors (Lipinski definition) is 1. The summed E-state index contributed by atoms with van der Waals surface area (Å²) >= 11 is 1.53. The van der Waals surface area contributed by atoms with Crippen molar-refractivity contribution in [2.45, 2.75) is 25.0 Å². The number of anilines is 1. The third-order valence-corrected chi connectivity index (χ3v) is 5.07. The Kier molecular flexibility index (Phi) is 4.81. The largest absolute Gasteiger partial charge is 0.363 e. The summed E-state index contributed by atoms with van der Waals surface area (Å²) in [5.74, 6) is 0.805. The van der Waals surface area contributed by atoms with Gasteiger partial charge in [-0.25, -0.2) is 14.6 Å². The van der Waals surface area contributed by atoms with Crippen LogP contribution in [0.2, 0.25) is 0 Å². The molecule has 0 spiro atoms. The van der Waals surface area contributed by atoms with Gasteiger partial charge in [0.25, 0.3) is 0 Å². The van der Waals surface area contributed by atoms with Crippen LogP contribution in [0.15, 0.2) is 66.0 Å². The summed E-state index contributed by atoms with van der Waals surface area (Å²) < 4.78 is 1.86. The summed E-state index contributed by atoms with van der Waals surface area (Å²) in [6.07, 6.45) is 3.81. The van der Waals surface area contributed by atoms with Crippen molar-refractivity contribution in [1.29, 1.82) is 0 Å². The van der Waals surface area contributed by atoms with Crippen molar-refractivity contribution in [3.63, 3.8) is 0 Å². The Labute approximate surface area is 162 Å². The zero-order valence-electron chi connectivity index (χ0n) is 15.5. The first-order valence-electron chi connectivity index (χ1n) is 8.84. The lowest BCUT2D eigenvalue weighted by molar-refractivity contribution is 0.854. The van der Waals surface area contributed by atoms with Crippen LogP contribution in [0.3, 0.4) is 0 Å². The van der Waals surface area contributed by atoms with Crippen LogP contribution in [0.1, 0.15) is 24.1 Å². The fourth-order valence-electron chi connectivity index (χ4n) is 2.99. The average molecular weight is 376 g/mol. The van der Waals surface area contributed by atoms with E-state index in [1.165, 1.54) is 22.9 Å². The van der Waals surface area contributed by atoms with Gasteiger partial charge in [-0.05, 0) is 37.8 Å². The van der Waals surface area contributed by atoms with Gasteiger partial charge in [0, 0.05) is 6.04 Å². The Balaban J connectivity index is 1.76. The lowest BCUT2D eigenvalue weighted by atomic mass is 10.1. The Morgan fingerprint density at radius 2 is 1.74 bits per heavy atom. The zero-order chi connectivity index (χ0) is 18.8. The van der Waals surface area contributed by atoms with Crippen molar-refractivity contribution < 1.29 is 0 Å². The Morgan fingerprint density at radius 3 is 2.44 bits per heavy atom. The first-order valence-corrected chi connectivity index (χ1v) is 10.1. The number of hydrogen-bond acceptors (Lipinski definition) is 5. The van der Waals surface area contributed by atoms with Gasteiger partial charge in [0.15, 0.2) is 10.8 Å². The van der Waals surface area contributed by atoms with Crippen LogP contribution < -0.4 is 5.32 Å². The molecule has 4 rings (SSSR count). The molecule has 0 aliphatic carbocycles. The fraction of sp³-hybridized carbons (Fsp3) is 0.190. The summed E-state index contributed by atoms with van der Waals surface area (Å²) in [5.41, 5.74) is 4.26. The van der Waals surface area contributed by atoms with Gasteiger partial charge in [0.1, 0.15) is 5.82 Å². The smallest absolute Gasteiger partial charge is 0.191 e. The van der Waals surface area contributed by atoms with E-state index in [4.69, 9.17) is 9.97 Å². The molecule has 0 bridgehead atoms. The second-order valence-corrected chi connectivity index (χ2v) is 7.24. The molecule has 5 nitrogen and oxygen atoms in total. The minimum Gasteiger partial charge on any atom is -0.363 e. The molecule has 0 aliphatic heterocycles. The van der Waals surface area contributed by atoms with Crippen molar-refractivity contribution >= 4 is 28.6 Å². The van der Waals surface area contributed by atoms with Gasteiger partial charge in [-0.1, -0.05) is 59.8 Å². The van der Waals surface area contributed by atoms with Crippen LogP contribution in [-0.2, 0) is 0 Å². The molecule has 2 heterocycles. The van der Waals surface area contributed by atoms with E-state index in [-0.39, 0.29) is 6.04 Å². The van der Waals surface area contributed by atoms with E-state index < -0.39 is 0 Å². The average Bonchev–Trinajstić information content (AvgIpc) is 3.13. The minimum atomic E-state index is 0.124. The highest BCUT2D eigenvalue weighted by atomic mass is 32.2. The highest BCUT2D eigenvalue weighted by Crippen LogP contribution is 2.28. The third kappa shape index (κ3) is 3.53. The van der Waals surface area contributed by atoms with Crippen molar-refractivity contribution in [3.8, 4) is 5.69 Å². The number of aryl methyl sites for hydroxylation is 1. The Morgan fingerprint density at radius 1 is 1.00 bits per heavy atom. The molecule has 0 amide bonds. The molecule has 2 aromatic heterocycles. The molecule has 1 N–H and O–H groups in total. The topological polar surface area (TPSA) is 55.6 Å². The van der Waals surface area contributed by atoms with Crippen LogP contribution in [0, 0.1) is 6.92 Å². The van der Waals surface area contributed by atoms with E-state index in [0.29, 0.717) is 0 Å². The third-order valence-electron chi connectivity index (χ3n) is 4.52. The predicted octanol–water partition coefficient (Wildman–Crippen LogP) is 5.02. The number of fused-ring (bicyclic) bond motifs is 1. The van der Waals surface area contributed by atoms with Crippen LogP contribution in [0.25, 0.3) is 16.7 Å². The highest BCUT2D eigenvalue weighted by molar-refractivity contribution is 7.98. The summed E-state index contributed by atoms with van der Waals surface area (Å²) in [6, 6.07) is 18.7. The van der Waals surface area contributed by atoms with E-state index in [2.05, 4.69) is 48.5 Å². The molecule has 0 aliphatic rings. The summed E-state index contributed by atoms with van der Waals surface area (Å²) in [7, 11) is 0. The van der Waals surface area contributed by atoms with Gasteiger partial charge in [-0.2, -0.15) is 5.10 Å². The molecular formula is C21H21N5S. The highest BCUT2D eigenvalue weighted by Gasteiger charge is 2.16. The number of rotatable bonds is 5. The van der Waals surface area contributed by atoms with Gasteiger partial charge >= 0.3 is 0 Å². The molecule has 0 saturated carbocycles. The molecule has 1 unspecified atom stereocenters. The fourth-order valence-corrected chi connectivity index (χ4v) is 3.35. The summed E-state index contributed by atoms with van der Waals surface area (Å²) in [6.45, 7) is 4.23. The lowest BCUT2D eigenvalue weighted by Crippen LogP contribution is -2.09. The molecule has 27 heavy (non-hydrogen) atoms. The van der Waals surface area contributed by atoms with E-state index in [9.17, 15) is 0 Å². The lowest BCUT2D eigenvalue weighted by Gasteiger charge is -2.16. The van der Waals surface area contributed by atoms with Gasteiger partial charge in [-0.15, -0.1) is 0 Å². The maximum atomic E-state index is 4.70. The number of aromatic nitrogens is 4. The quantitative estimate of drug-likeness (QED) is 0.392. The molecule has 4 aromatic rings. The van der Waals surface area contributed by atoms with Crippen molar-refractivity contribution in [1.82, 2.24) is 19.7 Å². The van der Waals surface area contributed by atoms with Crippen LogP contribution >= 0.6 is 11.8 Å². The summed E-state index contributed by atoms with van der Waals surface area (Å²) in [4.78, 5) is 9.39. The van der Waals surface area contributed by atoms with Crippen molar-refractivity contribution in [3.05, 3.63) is 71.9 Å². The SMILES string of the molecule is CSc1nc(NC(C)c2ccc(C)cc2)c2cnn(-c3ccccc3)c2n1. The predicted molar refractivity (Wildman–Crippen MR) is 112 cm³/mol. The van der Waals surface area contributed by atoms with E-state index in [1.807, 2.05) is 47.5 Å².